The fourth-order valence-electron chi connectivity index (χ4n) is 2.22. The van der Waals surface area contributed by atoms with Crippen molar-refractivity contribution >= 4 is 17.3 Å². The lowest BCUT2D eigenvalue weighted by molar-refractivity contribution is -0.116. The topological polar surface area (TPSA) is 41.6 Å². The summed E-state index contributed by atoms with van der Waals surface area (Å²) in [6, 6.07) is 5.80. The van der Waals surface area contributed by atoms with Gasteiger partial charge in [-0.05, 0) is 32.9 Å². The van der Waals surface area contributed by atoms with Gasteiger partial charge in [-0.1, -0.05) is 0 Å². The van der Waals surface area contributed by atoms with Crippen LogP contribution in [0.2, 0.25) is 0 Å². The molecule has 1 amide bonds. The molecule has 1 N–H and O–H groups in total. The zero-order valence-corrected chi connectivity index (χ0v) is 11.4. The predicted octanol–water partition coefficient (Wildman–Crippen LogP) is 2.64. The first-order valence-electron chi connectivity index (χ1n) is 6.17. The molecule has 0 aliphatic carbocycles. The second-order valence-electron chi connectivity index (χ2n) is 5.50. The van der Waals surface area contributed by atoms with Gasteiger partial charge in [0.1, 0.15) is 5.75 Å². The number of hydrogen-bond donors (Lipinski definition) is 1. The Hall–Kier alpha value is -1.71. The van der Waals surface area contributed by atoms with E-state index in [1.165, 1.54) is 0 Å². The van der Waals surface area contributed by atoms with Crippen molar-refractivity contribution in [3.05, 3.63) is 18.2 Å². The minimum absolute atomic E-state index is 0.0182. The van der Waals surface area contributed by atoms with Crippen molar-refractivity contribution < 1.29 is 9.53 Å². The first-order chi connectivity index (χ1) is 8.41. The molecule has 0 atom stereocenters. The van der Waals surface area contributed by atoms with Crippen LogP contribution in [0.4, 0.5) is 11.4 Å². The molecule has 0 unspecified atom stereocenters. The van der Waals surface area contributed by atoms with Crippen LogP contribution >= 0.6 is 0 Å². The summed E-state index contributed by atoms with van der Waals surface area (Å²) >= 11 is 0. The van der Waals surface area contributed by atoms with Crippen LogP contribution in [-0.4, -0.2) is 25.1 Å². The maximum atomic E-state index is 11.7. The number of nitrogens with one attached hydrogen (secondary N) is 1. The number of benzene rings is 1. The van der Waals surface area contributed by atoms with Gasteiger partial charge in [0.05, 0.1) is 18.5 Å². The smallest absolute Gasteiger partial charge is 0.226 e. The van der Waals surface area contributed by atoms with Crippen LogP contribution in [0.15, 0.2) is 18.2 Å². The fraction of sp³-hybridized carbons (Fsp3) is 0.500. The lowest BCUT2D eigenvalue weighted by atomic mass is 10.0. The van der Waals surface area contributed by atoms with Gasteiger partial charge in [0.2, 0.25) is 5.91 Å². The first kappa shape index (κ1) is 12.7. The van der Waals surface area contributed by atoms with Gasteiger partial charge >= 0.3 is 0 Å². The number of carbonyl (C=O) groups is 1. The molecule has 0 saturated carbocycles. The highest BCUT2D eigenvalue weighted by Gasteiger charge is 2.27. The van der Waals surface area contributed by atoms with Gasteiger partial charge in [0.15, 0.2) is 0 Å². The van der Waals surface area contributed by atoms with Crippen LogP contribution in [0.3, 0.4) is 0 Å². The summed E-state index contributed by atoms with van der Waals surface area (Å²) in [6.45, 7) is 7.18. The number of ether oxygens (including phenoxy) is 1. The molecule has 0 spiro atoms. The number of methoxy groups -OCH3 is 1. The molecule has 0 fully saturated rings. The van der Waals surface area contributed by atoms with E-state index < -0.39 is 0 Å². The molecule has 1 heterocycles. The van der Waals surface area contributed by atoms with Gasteiger partial charge in [0, 0.05) is 24.6 Å². The van der Waals surface area contributed by atoms with Crippen LogP contribution in [0.1, 0.15) is 27.2 Å². The number of nitrogens with zero attached hydrogens (tertiary/aromatic N) is 1. The average Bonchev–Trinajstić information content (AvgIpc) is 2.45. The van der Waals surface area contributed by atoms with E-state index in [1.807, 2.05) is 18.2 Å². The maximum Gasteiger partial charge on any atom is 0.226 e. The quantitative estimate of drug-likeness (QED) is 0.830. The van der Waals surface area contributed by atoms with Crippen LogP contribution in [0.25, 0.3) is 0 Å². The van der Waals surface area contributed by atoms with Crippen LogP contribution in [-0.2, 0) is 4.79 Å². The second kappa shape index (κ2) is 4.52. The molecule has 0 aromatic heterocycles. The molecule has 1 aromatic carbocycles. The third kappa shape index (κ3) is 2.42. The molecule has 1 aliphatic rings. The van der Waals surface area contributed by atoms with Crippen molar-refractivity contribution in [1.29, 1.82) is 0 Å². The Labute approximate surface area is 108 Å². The van der Waals surface area contributed by atoms with E-state index >= 15 is 0 Å². The zero-order valence-electron chi connectivity index (χ0n) is 11.4. The van der Waals surface area contributed by atoms with Gasteiger partial charge in [-0.25, -0.2) is 0 Å². The van der Waals surface area contributed by atoms with E-state index in [0.717, 1.165) is 23.7 Å². The normalized spacial score (nSPS) is 15.8. The van der Waals surface area contributed by atoms with Crippen molar-refractivity contribution in [3.63, 3.8) is 0 Å². The van der Waals surface area contributed by atoms with Crippen molar-refractivity contribution in [3.8, 4) is 5.75 Å². The number of anilines is 2. The molecular weight excluding hydrogens is 228 g/mol. The Balaban J connectivity index is 2.49. The highest BCUT2D eigenvalue weighted by atomic mass is 16.5. The largest absolute Gasteiger partial charge is 0.497 e. The van der Waals surface area contributed by atoms with Crippen molar-refractivity contribution in [2.45, 2.75) is 32.7 Å². The fourth-order valence-corrected chi connectivity index (χ4v) is 2.22. The van der Waals surface area contributed by atoms with E-state index in [2.05, 4.69) is 31.0 Å². The predicted molar refractivity (Wildman–Crippen MR) is 73.3 cm³/mol. The lowest BCUT2D eigenvalue weighted by Gasteiger charge is -2.37. The van der Waals surface area contributed by atoms with Gasteiger partial charge in [-0.15, -0.1) is 0 Å². The average molecular weight is 248 g/mol. The minimum atomic E-state index is -0.0182. The molecule has 0 bridgehead atoms. The Bertz CT molecular complexity index is 463. The third-order valence-corrected chi connectivity index (χ3v) is 3.14. The summed E-state index contributed by atoms with van der Waals surface area (Å²) in [5.74, 6) is 0.807. The summed E-state index contributed by atoms with van der Waals surface area (Å²) in [7, 11) is 1.63. The van der Waals surface area contributed by atoms with Crippen LogP contribution < -0.4 is 15.0 Å². The van der Waals surface area contributed by atoms with Crippen LogP contribution in [0.5, 0.6) is 5.75 Å². The molecule has 0 radical (unpaired) electrons. The van der Waals surface area contributed by atoms with E-state index in [0.29, 0.717) is 6.42 Å². The first-order valence-corrected chi connectivity index (χ1v) is 6.17. The molecule has 1 aliphatic heterocycles. The summed E-state index contributed by atoms with van der Waals surface area (Å²) in [4.78, 5) is 14.0. The van der Waals surface area contributed by atoms with E-state index in [4.69, 9.17) is 4.74 Å². The molecular formula is C14H20N2O2. The molecule has 2 rings (SSSR count). The van der Waals surface area contributed by atoms with Gasteiger partial charge in [-0.3, -0.25) is 4.79 Å². The molecule has 98 valence electrons. The SMILES string of the molecule is COc1ccc2c(c1)NC(=O)CCN2C(C)(C)C. The summed E-state index contributed by atoms with van der Waals surface area (Å²) in [6.07, 6.45) is 0.508. The van der Waals surface area contributed by atoms with Crippen molar-refractivity contribution in [1.82, 2.24) is 0 Å². The van der Waals surface area contributed by atoms with Gasteiger partial charge < -0.3 is 15.0 Å². The standard InChI is InChI=1S/C14H20N2O2/c1-14(2,3)16-8-7-13(17)15-11-9-10(18-4)5-6-12(11)16/h5-6,9H,7-8H2,1-4H3,(H,15,17). The Kier molecular flexibility index (Phi) is 3.20. The summed E-state index contributed by atoms with van der Waals surface area (Å²) in [5.41, 5.74) is 1.86. The monoisotopic (exact) mass is 248 g/mol. The van der Waals surface area contributed by atoms with Crippen molar-refractivity contribution in [2.75, 3.05) is 23.9 Å². The maximum absolute atomic E-state index is 11.7. The van der Waals surface area contributed by atoms with Crippen LogP contribution in [0, 0.1) is 0 Å². The van der Waals surface area contributed by atoms with E-state index in [9.17, 15) is 4.79 Å². The van der Waals surface area contributed by atoms with Gasteiger partial charge in [0.25, 0.3) is 0 Å². The van der Waals surface area contributed by atoms with Crippen molar-refractivity contribution in [2.24, 2.45) is 0 Å². The zero-order chi connectivity index (χ0) is 13.3. The summed E-state index contributed by atoms with van der Waals surface area (Å²) < 4.78 is 5.21. The van der Waals surface area contributed by atoms with E-state index in [-0.39, 0.29) is 11.4 Å². The molecule has 4 heteroatoms. The molecule has 4 nitrogen and oxygen atoms in total. The number of rotatable bonds is 1. The lowest BCUT2D eigenvalue weighted by Crippen LogP contribution is -2.42. The second-order valence-corrected chi connectivity index (χ2v) is 5.50. The Morgan fingerprint density at radius 2 is 2.06 bits per heavy atom. The van der Waals surface area contributed by atoms with E-state index in [1.54, 1.807) is 7.11 Å². The number of fused-ring (bicyclic) bond motifs is 1. The van der Waals surface area contributed by atoms with Gasteiger partial charge in [-0.2, -0.15) is 0 Å². The molecule has 1 aromatic rings. The Morgan fingerprint density at radius 1 is 1.33 bits per heavy atom. The number of carbonyl (C=O) groups excluding carboxylic acids is 1. The molecule has 0 saturated heterocycles. The summed E-state index contributed by atoms with van der Waals surface area (Å²) in [5, 5.41) is 2.94. The minimum Gasteiger partial charge on any atom is -0.497 e. The highest BCUT2D eigenvalue weighted by Crippen LogP contribution is 2.36. The number of amides is 1. The third-order valence-electron chi connectivity index (χ3n) is 3.14. The highest BCUT2D eigenvalue weighted by molar-refractivity contribution is 5.96. The Morgan fingerprint density at radius 3 is 2.67 bits per heavy atom. The molecule has 18 heavy (non-hydrogen) atoms. The number of hydrogen-bond acceptors (Lipinski definition) is 3.